The van der Waals surface area contributed by atoms with Crippen molar-refractivity contribution in [3.05, 3.63) is 0 Å². The second kappa shape index (κ2) is 4.74. The third kappa shape index (κ3) is 3.78. The molecule has 0 rings (SSSR count). The van der Waals surface area contributed by atoms with Gasteiger partial charge in [-0.05, 0) is 34.1 Å². The number of carbonyl (C=O) groups excluding carboxylic acids is 1. The molecule has 0 heterocycles. The van der Waals surface area contributed by atoms with Crippen molar-refractivity contribution in [1.82, 2.24) is 0 Å². The van der Waals surface area contributed by atoms with Gasteiger partial charge in [-0.3, -0.25) is 4.79 Å². The van der Waals surface area contributed by atoms with Crippen molar-refractivity contribution >= 4 is 5.97 Å². The van der Waals surface area contributed by atoms with Gasteiger partial charge in [0.25, 0.3) is 0 Å². The van der Waals surface area contributed by atoms with E-state index in [9.17, 15) is 9.90 Å². The molecule has 16 heavy (non-hydrogen) atoms. The predicted octanol–water partition coefficient (Wildman–Crippen LogP) is 2.76. The lowest BCUT2D eigenvalue weighted by atomic mass is 9.78. The molecular formula is C13H26O3. The standard InChI is InChI=1S/C13H26O3/c1-8-11(2,3)10(14)16-9-12(4,5)13(6,7)15/h15H,8-9H2,1-7H3. The molecule has 96 valence electrons. The maximum atomic E-state index is 11.8. The van der Waals surface area contributed by atoms with Crippen molar-refractivity contribution in [3.63, 3.8) is 0 Å². The number of rotatable bonds is 5. The van der Waals surface area contributed by atoms with Crippen LogP contribution in [0.1, 0.15) is 54.9 Å². The molecule has 0 bridgehead atoms. The van der Waals surface area contributed by atoms with Crippen LogP contribution in [0.25, 0.3) is 0 Å². The summed E-state index contributed by atoms with van der Waals surface area (Å²) in [5.41, 5.74) is -1.77. The van der Waals surface area contributed by atoms with Crippen LogP contribution in [0, 0.1) is 10.8 Å². The average Bonchev–Trinajstić information content (AvgIpc) is 2.12. The van der Waals surface area contributed by atoms with Gasteiger partial charge in [0.1, 0.15) is 0 Å². The lowest BCUT2D eigenvalue weighted by Gasteiger charge is -2.37. The maximum absolute atomic E-state index is 11.8. The first kappa shape index (κ1) is 15.4. The highest BCUT2D eigenvalue weighted by Gasteiger charge is 2.37. The molecule has 0 radical (unpaired) electrons. The van der Waals surface area contributed by atoms with E-state index in [4.69, 9.17) is 4.74 Å². The summed E-state index contributed by atoms with van der Waals surface area (Å²) in [6, 6.07) is 0. The van der Waals surface area contributed by atoms with Crippen LogP contribution in [-0.4, -0.2) is 23.3 Å². The minimum Gasteiger partial charge on any atom is -0.465 e. The molecule has 0 aromatic heterocycles. The summed E-state index contributed by atoms with van der Waals surface area (Å²) in [6.45, 7) is 13.2. The first-order valence-electron chi connectivity index (χ1n) is 5.83. The van der Waals surface area contributed by atoms with Crippen molar-refractivity contribution in [2.45, 2.75) is 60.5 Å². The number of hydrogen-bond acceptors (Lipinski definition) is 3. The molecule has 0 fully saturated rings. The zero-order valence-corrected chi connectivity index (χ0v) is 11.7. The van der Waals surface area contributed by atoms with Crippen molar-refractivity contribution < 1.29 is 14.6 Å². The molecule has 1 N–H and O–H groups in total. The van der Waals surface area contributed by atoms with Crippen LogP contribution >= 0.6 is 0 Å². The third-order valence-electron chi connectivity index (χ3n) is 3.66. The van der Waals surface area contributed by atoms with Gasteiger partial charge in [0, 0.05) is 5.41 Å². The summed E-state index contributed by atoms with van der Waals surface area (Å²) < 4.78 is 5.29. The van der Waals surface area contributed by atoms with Crippen LogP contribution in [0.3, 0.4) is 0 Å². The van der Waals surface area contributed by atoms with Crippen LogP contribution in [0.2, 0.25) is 0 Å². The average molecular weight is 230 g/mol. The van der Waals surface area contributed by atoms with Gasteiger partial charge < -0.3 is 9.84 Å². The summed E-state index contributed by atoms with van der Waals surface area (Å²) in [5, 5.41) is 9.93. The normalized spacial score (nSPS) is 13.8. The number of carbonyl (C=O) groups is 1. The van der Waals surface area contributed by atoms with Gasteiger partial charge in [0.05, 0.1) is 17.6 Å². The molecule has 0 aliphatic rings. The van der Waals surface area contributed by atoms with Gasteiger partial charge in [-0.25, -0.2) is 0 Å². The van der Waals surface area contributed by atoms with Gasteiger partial charge in [0.2, 0.25) is 0 Å². The van der Waals surface area contributed by atoms with Crippen molar-refractivity contribution in [2.24, 2.45) is 10.8 Å². The Labute approximate surface area is 99.2 Å². The molecule has 0 aromatic rings. The number of hydrogen-bond donors (Lipinski definition) is 1. The zero-order chi connectivity index (χ0) is 13.2. The van der Waals surface area contributed by atoms with E-state index in [0.717, 1.165) is 6.42 Å². The molecular weight excluding hydrogens is 204 g/mol. The Bertz CT molecular complexity index is 246. The van der Waals surface area contributed by atoms with E-state index < -0.39 is 16.4 Å². The fraction of sp³-hybridized carbons (Fsp3) is 0.923. The van der Waals surface area contributed by atoms with E-state index in [0.29, 0.717) is 0 Å². The fourth-order valence-corrected chi connectivity index (χ4v) is 0.762. The third-order valence-corrected chi connectivity index (χ3v) is 3.66. The SMILES string of the molecule is CCC(C)(C)C(=O)OCC(C)(C)C(C)(C)O. The van der Waals surface area contributed by atoms with Crippen LogP contribution in [0.4, 0.5) is 0 Å². The predicted molar refractivity (Wildman–Crippen MR) is 65.1 cm³/mol. The largest absolute Gasteiger partial charge is 0.465 e. The molecule has 0 atom stereocenters. The van der Waals surface area contributed by atoms with Crippen molar-refractivity contribution in [3.8, 4) is 0 Å². The smallest absolute Gasteiger partial charge is 0.311 e. The Morgan fingerprint density at radius 1 is 1.12 bits per heavy atom. The maximum Gasteiger partial charge on any atom is 0.311 e. The molecule has 0 saturated carbocycles. The number of esters is 1. The monoisotopic (exact) mass is 230 g/mol. The lowest BCUT2D eigenvalue weighted by molar-refractivity contribution is -0.163. The number of ether oxygens (including phenoxy) is 1. The minimum absolute atomic E-state index is 0.202. The summed E-state index contributed by atoms with van der Waals surface area (Å²) in [6.07, 6.45) is 0.745. The molecule has 0 aliphatic carbocycles. The van der Waals surface area contributed by atoms with E-state index in [2.05, 4.69) is 0 Å². The molecule has 3 nitrogen and oxygen atoms in total. The summed E-state index contributed by atoms with van der Waals surface area (Å²) >= 11 is 0. The van der Waals surface area contributed by atoms with E-state index in [1.165, 1.54) is 0 Å². The van der Waals surface area contributed by atoms with E-state index >= 15 is 0 Å². The van der Waals surface area contributed by atoms with E-state index in [1.807, 2.05) is 34.6 Å². The summed E-state index contributed by atoms with van der Waals surface area (Å²) in [4.78, 5) is 11.8. The molecule has 3 heteroatoms. The van der Waals surface area contributed by atoms with Crippen molar-refractivity contribution in [2.75, 3.05) is 6.61 Å². The first-order valence-corrected chi connectivity index (χ1v) is 5.83. The second-order valence-electron chi connectivity index (χ2n) is 6.26. The van der Waals surface area contributed by atoms with E-state index in [1.54, 1.807) is 13.8 Å². The van der Waals surface area contributed by atoms with Gasteiger partial charge in [-0.1, -0.05) is 20.8 Å². The lowest BCUT2D eigenvalue weighted by Crippen LogP contribution is -2.43. The highest BCUT2D eigenvalue weighted by Crippen LogP contribution is 2.31. The van der Waals surface area contributed by atoms with Crippen LogP contribution in [0.15, 0.2) is 0 Å². The van der Waals surface area contributed by atoms with Gasteiger partial charge in [-0.15, -0.1) is 0 Å². The molecule has 0 saturated heterocycles. The summed E-state index contributed by atoms with van der Waals surface area (Å²) in [7, 11) is 0. The fourth-order valence-electron chi connectivity index (χ4n) is 0.762. The Morgan fingerprint density at radius 2 is 1.56 bits per heavy atom. The topological polar surface area (TPSA) is 46.5 Å². The quantitative estimate of drug-likeness (QED) is 0.739. The molecule has 0 aliphatic heterocycles. The Balaban J connectivity index is 4.43. The molecule has 0 spiro atoms. The Kier molecular flexibility index (Phi) is 4.57. The van der Waals surface area contributed by atoms with Gasteiger partial charge in [-0.2, -0.15) is 0 Å². The van der Waals surface area contributed by atoms with Gasteiger partial charge >= 0.3 is 5.97 Å². The highest BCUT2D eigenvalue weighted by molar-refractivity contribution is 5.75. The van der Waals surface area contributed by atoms with Crippen LogP contribution in [-0.2, 0) is 9.53 Å². The van der Waals surface area contributed by atoms with Crippen LogP contribution in [0.5, 0.6) is 0 Å². The zero-order valence-electron chi connectivity index (χ0n) is 11.7. The summed E-state index contributed by atoms with van der Waals surface area (Å²) in [5.74, 6) is -0.202. The minimum atomic E-state index is -0.871. The second-order valence-corrected chi connectivity index (χ2v) is 6.26. The van der Waals surface area contributed by atoms with Crippen LogP contribution < -0.4 is 0 Å². The molecule has 0 amide bonds. The Morgan fingerprint density at radius 3 is 1.88 bits per heavy atom. The van der Waals surface area contributed by atoms with E-state index in [-0.39, 0.29) is 12.6 Å². The molecule has 0 unspecified atom stereocenters. The van der Waals surface area contributed by atoms with Gasteiger partial charge in [0.15, 0.2) is 0 Å². The number of aliphatic hydroxyl groups is 1. The first-order chi connectivity index (χ1) is 6.94. The van der Waals surface area contributed by atoms with Crippen molar-refractivity contribution in [1.29, 1.82) is 0 Å². The Hall–Kier alpha value is -0.570. The molecule has 0 aromatic carbocycles. The highest BCUT2D eigenvalue weighted by atomic mass is 16.5.